The lowest BCUT2D eigenvalue weighted by Crippen LogP contribution is -1.90. The van der Waals surface area contributed by atoms with Gasteiger partial charge in [0.2, 0.25) is 0 Å². The van der Waals surface area contributed by atoms with Crippen molar-refractivity contribution < 1.29 is 14.6 Å². The van der Waals surface area contributed by atoms with Gasteiger partial charge in [0.05, 0.1) is 18.4 Å². The van der Waals surface area contributed by atoms with E-state index < -0.39 is 0 Å². The molecule has 0 aliphatic heterocycles. The van der Waals surface area contributed by atoms with Crippen LogP contribution >= 0.6 is 12.6 Å². The van der Waals surface area contributed by atoms with E-state index in [4.69, 9.17) is 4.74 Å². The molecule has 0 saturated carbocycles. The molecule has 78 valence electrons. The minimum atomic E-state index is -0.0580. The van der Waals surface area contributed by atoms with Crippen molar-refractivity contribution in [3.05, 3.63) is 23.3 Å². The Kier molecular flexibility index (Phi) is 4.07. The summed E-state index contributed by atoms with van der Waals surface area (Å²) >= 11 is 3.93. The number of benzene rings is 1. The molecule has 0 fully saturated rings. The second-order valence-corrected chi connectivity index (χ2v) is 3.01. The molecule has 1 rings (SSSR count). The number of phenolic OH excluding ortho intramolecular Hbond substituents is 1. The van der Waals surface area contributed by atoms with E-state index >= 15 is 0 Å². The average molecular weight is 222 g/mol. The number of aromatic hydroxyl groups is 1. The van der Waals surface area contributed by atoms with Crippen LogP contribution in [0.2, 0.25) is 0 Å². The number of ether oxygens (including phenoxy) is 1. The van der Waals surface area contributed by atoms with Crippen LogP contribution in [0.3, 0.4) is 0 Å². The first-order chi connectivity index (χ1) is 7.22. The largest absolute Gasteiger partial charge is 0.503 e. The molecule has 1 N–H and O–H groups in total. The second kappa shape index (κ2) is 5.32. The molecule has 0 saturated heterocycles. The Bertz CT molecular complexity index is 429. The van der Waals surface area contributed by atoms with Crippen molar-refractivity contribution in [2.24, 2.45) is 0 Å². The topological polar surface area (TPSA) is 46.5 Å². The van der Waals surface area contributed by atoms with Crippen molar-refractivity contribution in [3.63, 3.8) is 0 Å². The van der Waals surface area contributed by atoms with Crippen LogP contribution < -0.4 is 4.74 Å². The van der Waals surface area contributed by atoms with Crippen LogP contribution in [-0.2, 0) is 0 Å². The summed E-state index contributed by atoms with van der Waals surface area (Å²) in [4.78, 5) is 10.6. The Hall–Kier alpha value is -1.60. The molecular formula is C11H10O3S. The Morgan fingerprint density at radius 3 is 2.87 bits per heavy atom. The highest BCUT2D eigenvalue weighted by molar-refractivity contribution is 7.80. The van der Waals surface area contributed by atoms with Crippen molar-refractivity contribution in [1.29, 1.82) is 0 Å². The average Bonchev–Trinajstić information content (AvgIpc) is 2.27. The number of carbonyl (C=O) groups excluding carboxylic acids is 1. The maximum absolute atomic E-state index is 10.6. The fourth-order valence-electron chi connectivity index (χ4n) is 1.08. The molecule has 0 bridgehead atoms. The minimum Gasteiger partial charge on any atom is -0.503 e. The van der Waals surface area contributed by atoms with Gasteiger partial charge in [-0.3, -0.25) is 4.79 Å². The normalized spacial score (nSPS) is 8.93. The van der Waals surface area contributed by atoms with Crippen molar-refractivity contribution in [2.75, 3.05) is 12.9 Å². The number of hydrogen-bond acceptors (Lipinski definition) is 4. The van der Waals surface area contributed by atoms with Crippen molar-refractivity contribution >= 4 is 18.9 Å². The molecule has 0 heterocycles. The Morgan fingerprint density at radius 2 is 2.33 bits per heavy atom. The number of hydrogen-bond donors (Lipinski definition) is 2. The van der Waals surface area contributed by atoms with Crippen LogP contribution in [0.4, 0.5) is 0 Å². The summed E-state index contributed by atoms with van der Waals surface area (Å²) < 4.78 is 4.91. The Morgan fingerprint density at radius 1 is 1.60 bits per heavy atom. The summed E-state index contributed by atoms with van der Waals surface area (Å²) in [5.41, 5.74) is 0.776. The molecule has 15 heavy (non-hydrogen) atoms. The van der Waals surface area contributed by atoms with Crippen LogP contribution in [0.15, 0.2) is 12.1 Å². The van der Waals surface area contributed by atoms with Gasteiger partial charge in [0.25, 0.3) is 0 Å². The molecule has 0 spiro atoms. The highest BCUT2D eigenvalue weighted by Crippen LogP contribution is 2.30. The molecule has 1 aromatic rings. The predicted octanol–water partition coefficient (Wildman–Crippen LogP) is 1.49. The third-order valence-electron chi connectivity index (χ3n) is 1.76. The van der Waals surface area contributed by atoms with E-state index in [9.17, 15) is 9.90 Å². The van der Waals surface area contributed by atoms with E-state index in [0.717, 1.165) is 0 Å². The van der Waals surface area contributed by atoms with Crippen molar-refractivity contribution in [1.82, 2.24) is 0 Å². The molecule has 1 aromatic carbocycles. The van der Waals surface area contributed by atoms with E-state index in [1.165, 1.54) is 19.2 Å². The molecule has 4 heteroatoms. The van der Waals surface area contributed by atoms with E-state index in [0.29, 0.717) is 23.2 Å². The number of phenols is 1. The molecule has 0 radical (unpaired) electrons. The quantitative estimate of drug-likeness (QED) is 0.453. The fourth-order valence-corrected chi connectivity index (χ4v) is 1.16. The van der Waals surface area contributed by atoms with Crippen molar-refractivity contribution in [3.8, 4) is 23.3 Å². The fraction of sp³-hybridized carbons (Fsp3) is 0.182. The minimum absolute atomic E-state index is 0.0580. The first-order valence-corrected chi connectivity index (χ1v) is 4.82. The van der Waals surface area contributed by atoms with Gasteiger partial charge < -0.3 is 9.84 Å². The van der Waals surface area contributed by atoms with Crippen LogP contribution in [-0.4, -0.2) is 24.3 Å². The summed E-state index contributed by atoms with van der Waals surface area (Å²) in [6.45, 7) is 0. The van der Waals surface area contributed by atoms with Gasteiger partial charge in [0.1, 0.15) is 6.29 Å². The first-order valence-electron chi connectivity index (χ1n) is 4.18. The summed E-state index contributed by atoms with van der Waals surface area (Å²) in [5.74, 6) is 5.95. The molecule has 0 aliphatic rings. The van der Waals surface area contributed by atoms with Gasteiger partial charge in [0.15, 0.2) is 11.5 Å². The zero-order valence-electron chi connectivity index (χ0n) is 8.15. The van der Waals surface area contributed by atoms with Gasteiger partial charge in [-0.25, -0.2) is 0 Å². The lowest BCUT2D eigenvalue weighted by atomic mass is 10.1. The zero-order valence-corrected chi connectivity index (χ0v) is 9.04. The molecule has 0 amide bonds. The van der Waals surface area contributed by atoms with E-state index in [2.05, 4.69) is 24.5 Å². The highest BCUT2D eigenvalue weighted by Gasteiger charge is 2.08. The first kappa shape index (κ1) is 11.5. The monoisotopic (exact) mass is 222 g/mol. The number of thiol groups is 1. The van der Waals surface area contributed by atoms with Gasteiger partial charge in [-0.15, -0.1) is 0 Å². The smallest absolute Gasteiger partial charge is 0.173 e. The van der Waals surface area contributed by atoms with Crippen LogP contribution in [0.25, 0.3) is 0 Å². The molecule has 0 aliphatic carbocycles. The van der Waals surface area contributed by atoms with Crippen LogP contribution in [0, 0.1) is 11.8 Å². The van der Waals surface area contributed by atoms with E-state index in [1.54, 1.807) is 0 Å². The number of methoxy groups -OCH3 is 1. The number of aldehydes is 1. The van der Waals surface area contributed by atoms with Gasteiger partial charge in [-0.2, -0.15) is 12.6 Å². The maximum Gasteiger partial charge on any atom is 0.173 e. The van der Waals surface area contributed by atoms with Gasteiger partial charge in [0, 0.05) is 5.56 Å². The summed E-state index contributed by atoms with van der Waals surface area (Å²) in [6, 6.07) is 2.95. The molecule has 0 aromatic heterocycles. The van der Waals surface area contributed by atoms with Gasteiger partial charge in [-0.1, -0.05) is 11.8 Å². The maximum atomic E-state index is 10.6. The standard InChI is InChI=1S/C11H10O3S/c1-14-10-6-8(7-12)5-9(11(10)13)3-2-4-15/h5-7,13,15H,4H2,1H3. The predicted molar refractivity (Wildman–Crippen MR) is 60.8 cm³/mol. The summed E-state index contributed by atoms with van der Waals surface area (Å²) in [5, 5.41) is 9.67. The summed E-state index contributed by atoms with van der Waals surface area (Å²) in [6.07, 6.45) is 0.674. The van der Waals surface area contributed by atoms with Gasteiger partial charge >= 0.3 is 0 Å². The number of rotatable bonds is 2. The lowest BCUT2D eigenvalue weighted by Gasteiger charge is -2.05. The van der Waals surface area contributed by atoms with Crippen LogP contribution in [0.5, 0.6) is 11.5 Å². The third kappa shape index (κ3) is 2.67. The van der Waals surface area contributed by atoms with E-state index in [1.807, 2.05) is 0 Å². The molecule has 3 nitrogen and oxygen atoms in total. The molecule has 0 atom stereocenters. The van der Waals surface area contributed by atoms with Gasteiger partial charge in [-0.05, 0) is 12.1 Å². The SMILES string of the molecule is COc1cc(C=O)cc(C#CCS)c1O. The second-order valence-electron chi connectivity index (χ2n) is 2.70. The Balaban J connectivity index is 3.29. The van der Waals surface area contributed by atoms with Crippen molar-refractivity contribution in [2.45, 2.75) is 0 Å². The Labute approximate surface area is 93.5 Å². The van der Waals surface area contributed by atoms with Crippen LogP contribution in [0.1, 0.15) is 15.9 Å². The third-order valence-corrected chi connectivity index (χ3v) is 1.91. The summed E-state index contributed by atoms with van der Waals surface area (Å²) in [7, 11) is 1.42. The molecular weight excluding hydrogens is 212 g/mol. The lowest BCUT2D eigenvalue weighted by molar-refractivity contribution is 0.112. The highest BCUT2D eigenvalue weighted by atomic mass is 32.1. The number of carbonyl (C=O) groups is 1. The molecule has 0 unspecified atom stereocenters. The zero-order chi connectivity index (χ0) is 11.3. The van der Waals surface area contributed by atoms with E-state index in [-0.39, 0.29) is 11.5 Å².